The largest absolute Gasteiger partial charge is 0.368 e. The van der Waals surface area contributed by atoms with Gasteiger partial charge in [-0.05, 0) is 55.0 Å². The minimum Gasteiger partial charge on any atom is -0.368 e. The maximum Gasteiger partial charge on any atom is 0.223 e. The molecule has 0 radical (unpaired) electrons. The van der Waals surface area contributed by atoms with E-state index in [0.29, 0.717) is 44.7 Å². The van der Waals surface area contributed by atoms with E-state index in [1.165, 1.54) is 24.3 Å². The van der Waals surface area contributed by atoms with Crippen LogP contribution in [0.5, 0.6) is 0 Å². The van der Waals surface area contributed by atoms with E-state index in [4.69, 9.17) is 4.52 Å². The Morgan fingerprint density at radius 1 is 0.931 bits per heavy atom. The Morgan fingerprint density at radius 2 is 1.55 bits per heavy atom. The molecule has 0 aliphatic carbocycles. The average molecular weight is 397 g/mol. The van der Waals surface area contributed by atoms with Gasteiger partial charge in [-0.3, -0.25) is 4.79 Å². The Balaban J connectivity index is 1.32. The Hall–Kier alpha value is -3.22. The lowest BCUT2D eigenvalue weighted by atomic mass is 10.0. The van der Waals surface area contributed by atoms with Gasteiger partial charge in [-0.1, -0.05) is 5.16 Å². The van der Waals surface area contributed by atoms with E-state index in [2.05, 4.69) is 10.1 Å². The van der Waals surface area contributed by atoms with E-state index < -0.39 is 0 Å². The zero-order valence-electron chi connectivity index (χ0n) is 15.9. The Morgan fingerprint density at radius 3 is 2.21 bits per heavy atom. The number of aromatic nitrogens is 1. The van der Waals surface area contributed by atoms with E-state index in [1.54, 1.807) is 30.5 Å². The molecule has 1 aromatic heterocycles. The molecule has 1 amide bonds. The van der Waals surface area contributed by atoms with Crippen molar-refractivity contribution in [3.8, 4) is 11.3 Å². The molecular formula is C22H21F2N3O2. The zero-order valence-corrected chi connectivity index (χ0v) is 15.9. The first kappa shape index (κ1) is 19.1. The van der Waals surface area contributed by atoms with Gasteiger partial charge in [-0.2, -0.15) is 0 Å². The normalized spacial score (nSPS) is 14.3. The highest BCUT2D eigenvalue weighted by Crippen LogP contribution is 2.24. The highest BCUT2D eigenvalue weighted by Gasteiger charge is 2.22. The maximum atomic E-state index is 13.1. The molecule has 5 nitrogen and oxygen atoms in total. The number of anilines is 1. The van der Waals surface area contributed by atoms with Crippen molar-refractivity contribution in [1.29, 1.82) is 0 Å². The second-order valence-corrected chi connectivity index (χ2v) is 7.04. The molecule has 0 atom stereocenters. The minimum atomic E-state index is -0.311. The van der Waals surface area contributed by atoms with Crippen LogP contribution in [0, 0.1) is 11.6 Å². The van der Waals surface area contributed by atoms with Crippen molar-refractivity contribution in [1.82, 2.24) is 10.1 Å². The fourth-order valence-corrected chi connectivity index (χ4v) is 3.55. The van der Waals surface area contributed by atoms with Crippen LogP contribution in [0.25, 0.3) is 11.3 Å². The number of hydrogen-bond acceptors (Lipinski definition) is 4. The molecule has 4 rings (SSSR count). The van der Waals surface area contributed by atoms with Gasteiger partial charge in [-0.15, -0.1) is 0 Å². The highest BCUT2D eigenvalue weighted by atomic mass is 19.1. The quantitative estimate of drug-likeness (QED) is 0.655. The van der Waals surface area contributed by atoms with E-state index in [-0.39, 0.29) is 17.5 Å². The molecule has 1 aliphatic heterocycles. The first-order valence-corrected chi connectivity index (χ1v) is 9.57. The number of hydrogen-bond donors (Lipinski definition) is 0. The van der Waals surface area contributed by atoms with Crippen molar-refractivity contribution in [3.63, 3.8) is 0 Å². The molecule has 0 N–H and O–H groups in total. The standard InChI is InChI=1S/C22H21F2N3O2/c23-18-4-1-16(2-5-18)22-17(15-29-25-22)3-10-21(28)27-13-11-26(12-14-27)20-8-6-19(24)7-9-20/h1-2,4-9,15H,3,10-14H2. The zero-order chi connectivity index (χ0) is 20.2. The third-order valence-electron chi connectivity index (χ3n) is 5.19. The Kier molecular flexibility index (Phi) is 5.55. The average Bonchev–Trinajstić information content (AvgIpc) is 3.22. The number of benzene rings is 2. The third kappa shape index (κ3) is 4.45. The van der Waals surface area contributed by atoms with E-state index in [0.717, 1.165) is 16.8 Å². The van der Waals surface area contributed by atoms with Crippen molar-refractivity contribution < 1.29 is 18.1 Å². The smallest absolute Gasteiger partial charge is 0.223 e. The van der Waals surface area contributed by atoms with Gasteiger partial charge < -0.3 is 14.3 Å². The summed E-state index contributed by atoms with van der Waals surface area (Å²) >= 11 is 0. The summed E-state index contributed by atoms with van der Waals surface area (Å²) in [5.74, 6) is -0.486. The first-order valence-electron chi connectivity index (χ1n) is 9.57. The van der Waals surface area contributed by atoms with Crippen LogP contribution in [0.15, 0.2) is 59.3 Å². The number of aryl methyl sites for hydroxylation is 1. The van der Waals surface area contributed by atoms with Crippen molar-refractivity contribution >= 4 is 11.6 Å². The van der Waals surface area contributed by atoms with Crippen molar-refractivity contribution in [2.45, 2.75) is 12.8 Å². The second kappa shape index (κ2) is 8.43. The summed E-state index contributed by atoms with van der Waals surface area (Å²) in [4.78, 5) is 16.6. The molecule has 0 spiro atoms. The van der Waals surface area contributed by atoms with Crippen LogP contribution in [0.4, 0.5) is 14.5 Å². The van der Waals surface area contributed by atoms with Gasteiger partial charge in [0.15, 0.2) is 0 Å². The number of carbonyl (C=O) groups is 1. The topological polar surface area (TPSA) is 49.6 Å². The number of carbonyl (C=O) groups excluding carboxylic acids is 1. The molecule has 29 heavy (non-hydrogen) atoms. The molecule has 0 bridgehead atoms. The van der Waals surface area contributed by atoms with Crippen molar-refractivity contribution in [2.24, 2.45) is 0 Å². The van der Waals surface area contributed by atoms with Gasteiger partial charge in [0.1, 0.15) is 23.6 Å². The Labute approximate surface area is 167 Å². The second-order valence-electron chi connectivity index (χ2n) is 7.04. The van der Waals surface area contributed by atoms with Crippen LogP contribution in [0.1, 0.15) is 12.0 Å². The first-order chi connectivity index (χ1) is 14.1. The fourth-order valence-electron chi connectivity index (χ4n) is 3.55. The SMILES string of the molecule is O=C(CCc1conc1-c1ccc(F)cc1)N1CCN(c2ccc(F)cc2)CC1. The van der Waals surface area contributed by atoms with Crippen LogP contribution in [-0.4, -0.2) is 42.1 Å². The third-order valence-corrected chi connectivity index (χ3v) is 5.19. The van der Waals surface area contributed by atoms with Gasteiger partial charge >= 0.3 is 0 Å². The summed E-state index contributed by atoms with van der Waals surface area (Å²) in [7, 11) is 0. The lowest BCUT2D eigenvalue weighted by molar-refractivity contribution is -0.131. The van der Waals surface area contributed by atoms with Crippen LogP contribution in [0.3, 0.4) is 0 Å². The van der Waals surface area contributed by atoms with Gasteiger partial charge in [0.2, 0.25) is 5.91 Å². The summed E-state index contributed by atoms with van der Waals surface area (Å²) in [6.07, 6.45) is 2.40. The summed E-state index contributed by atoms with van der Waals surface area (Å²) in [6.45, 7) is 2.69. The van der Waals surface area contributed by atoms with Crippen molar-refractivity contribution in [3.05, 3.63) is 72.0 Å². The molecule has 1 fully saturated rings. The van der Waals surface area contributed by atoms with Crippen LogP contribution >= 0.6 is 0 Å². The van der Waals surface area contributed by atoms with E-state index >= 15 is 0 Å². The van der Waals surface area contributed by atoms with E-state index in [1.807, 2.05) is 4.90 Å². The van der Waals surface area contributed by atoms with Crippen molar-refractivity contribution in [2.75, 3.05) is 31.1 Å². The molecule has 2 aromatic carbocycles. The fraction of sp³-hybridized carbons (Fsp3) is 0.273. The van der Waals surface area contributed by atoms with Gasteiger partial charge in [0, 0.05) is 49.4 Å². The number of amides is 1. The van der Waals surface area contributed by atoms with E-state index in [9.17, 15) is 13.6 Å². The van der Waals surface area contributed by atoms with Gasteiger partial charge in [-0.25, -0.2) is 8.78 Å². The van der Waals surface area contributed by atoms with Gasteiger partial charge in [0.05, 0.1) is 0 Å². The van der Waals surface area contributed by atoms with Crippen LogP contribution in [0.2, 0.25) is 0 Å². The molecule has 3 aromatic rings. The molecule has 150 valence electrons. The predicted molar refractivity (Wildman–Crippen MR) is 105 cm³/mol. The molecule has 7 heteroatoms. The molecule has 0 unspecified atom stereocenters. The summed E-state index contributed by atoms with van der Waals surface area (Å²) in [5.41, 5.74) is 3.19. The summed E-state index contributed by atoms with van der Waals surface area (Å²) in [5, 5.41) is 4.00. The minimum absolute atomic E-state index is 0.0787. The lowest BCUT2D eigenvalue weighted by Crippen LogP contribution is -2.48. The number of nitrogens with zero attached hydrogens (tertiary/aromatic N) is 3. The predicted octanol–water partition coefficient (Wildman–Crippen LogP) is 3.90. The van der Waals surface area contributed by atoms with Crippen LogP contribution in [-0.2, 0) is 11.2 Å². The molecule has 1 saturated heterocycles. The molecular weight excluding hydrogens is 376 g/mol. The van der Waals surface area contributed by atoms with Gasteiger partial charge in [0.25, 0.3) is 0 Å². The Bertz CT molecular complexity index is 962. The summed E-state index contributed by atoms with van der Waals surface area (Å²) in [6, 6.07) is 12.5. The highest BCUT2D eigenvalue weighted by molar-refractivity contribution is 5.77. The summed E-state index contributed by atoms with van der Waals surface area (Å²) < 4.78 is 31.3. The number of rotatable bonds is 5. The molecule has 0 saturated carbocycles. The molecule has 1 aliphatic rings. The maximum absolute atomic E-state index is 13.1. The number of halogens is 2. The lowest BCUT2D eigenvalue weighted by Gasteiger charge is -2.36. The number of piperazine rings is 1. The molecule has 2 heterocycles. The van der Waals surface area contributed by atoms with Crippen LogP contribution < -0.4 is 4.90 Å². The monoisotopic (exact) mass is 397 g/mol.